The molecule has 0 unspecified atom stereocenters. The third kappa shape index (κ3) is 3.90. The van der Waals surface area contributed by atoms with E-state index in [0.29, 0.717) is 10.6 Å². The van der Waals surface area contributed by atoms with Crippen LogP contribution in [-0.4, -0.2) is 28.8 Å². The first-order valence-electron chi connectivity index (χ1n) is 6.89. The van der Waals surface area contributed by atoms with Gasteiger partial charge in [0.2, 0.25) is 5.88 Å². The second kappa shape index (κ2) is 6.42. The number of halogens is 1. The summed E-state index contributed by atoms with van der Waals surface area (Å²) in [5.41, 5.74) is -0.0703. The third-order valence-electron chi connectivity index (χ3n) is 2.98. The summed E-state index contributed by atoms with van der Waals surface area (Å²) >= 11 is 5.80. The average Bonchev–Trinajstić information content (AvgIpc) is 2.91. The zero-order valence-electron chi connectivity index (χ0n) is 13.3. The maximum atomic E-state index is 12.2. The maximum absolute atomic E-state index is 12.2. The zero-order chi connectivity index (χ0) is 17.2. The van der Waals surface area contributed by atoms with E-state index < -0.39 is 17.5 Å². The Kier molecular flexibility index (Phi) is 4.75. The predicted molar refractivity (Wildman–Crippen MR) is 85.0 cm³/mol. The molecule has 0 aliphatic rings. The van der Waals surface area contributed by atoms with Crippen LogP contribution in [0.15, 0.2) is 30.3 Å². The molecule has 0 aliphatic heterocycles. The minimum Gasteiger partial charge on any atom is -0.464 e. The van der Waals surface area contributed by atoms with Crippen molar-refractivity contribution in [1.29, 1.82) is 0 Å². The lowest BCUT2D eigenvalue weighted by Crippen LogP contribution is -2.25. The van der Waals surface area contributed by atoms with Gasteiger partial charge in [-0.1, -0.05) is 11.6 Å². The van der Waals surface area contributed by atoms with Gasteiger partial charge in [-0.15, -0.1) is 0 Å². The van der Waals surface area contributed by atoms with Crippen LogP contribution in [0.4, 0.5) is 0 Å². The van der Waals surface area contributed by atoms with Crippen molar-refractivity contribution in [3.8, 4) is 5.88 Å². The molecule has 2 aromatic rings. The molecule has 23 heavy (non-hydrogen) atoms. The third-order valence-corrected chi connectivity index (χ3v) is 3.24. The topological polar surface area (TPSA) is 70.4 Å². The molecular formula is C16H17ClN2O4. The molecule has 1 aromatic heterocycles. The van der Waals surface area contributed by atoms with Crippen molar-refractivity contribution in [2.75, 3.05) is 7.11 Å². The summed E-state index contributed by atoms with van der Waals surface area (Å²) in [6, 6.07) is 7.69. The smallest absolute Gasteiger partial charge is 0.358 e. The van der Waals surface area contributed by atoms with E-state index in [4.69, 9.17) is 16.3 Å². The van der Waals surface area contributed by atoms with E-state index in [1.165, 1.54) is 17.9 Å². The fraction of sp³-hybridized carbons (Fsp3) is 0.312. The molecule has 0 radical (unpaired) electrons. The van der Waals surface area contributed by atoms with E-state index in [9.17, 15) is 9.59 Å². The lowest BCUT2D eigenvalue weighted by molar-refractivity contribution is 0.0591. The summed E-state index contributed by atoms with van der Waals surface area (Å²) in [5.74, 6) is -1.00. The van der Waals surface area contributed by atoms with Crippen molar-refractivity contribution in [3.63, 3.8) is 0 Å². The number of nitrogens with zero attached hydrogens (tertiary/aromatic N) is 2. The normalized spacial score (nSPS) is 11.2. The molecule has 1 aromatic carbocycles. The van der Waals surface area contributed by atoms with Crippen LogP contribution >= 0.6 is 11.6 Å². The van der Waals surface area contributed by atoms with Gasteiger partial charge in [0.15, 0.2) is 5.69 Å². The first-order chi connectivity index (χ1) is 10.7. The number of rotatable bonds is 3. The first kappa shape index (κ1) is 17.0. The van der Waals surface area contributed by atoms with Crippen molar-refractivity contribution >= 4 is 23.5 Å². The van der Waals surface area contributed by atoms with Crippen LogP contribution in [0.5, 0.6) is 5.88 Å². The van der Waals surface area contributed by atoms with E-state index in [1.807, 2.05) is 20.8 Å². The molecule has 0 bridgehead atoms. The summed E-state index contributed by atoms with van der Waals surface area (Å²) in [4.78, 5) is 23.9. The second-order valence-electron chi connectivity index (χ2n) is 5.84. The van der Waals surface area contributed by atoms with E-state index in [2.05, 4.69) is 9.84 Å². The molecule has 0 N–H and O–H groups in total. The monoisotopic (exact) mass is 336 g/mol. The highest BCUT2D eigenvalue weighted by atomic mass is 35.5. The predicted octanol–water partition coefficient (Wildman–Crippen LogP) is 3.30. The van der Waals surface area contributed by atoms with Crippen LogP contribution < -0.4 is 4.74 Å². The van der Waals surface area contributed by atoms with E-state index in [1.54, 1.807) is 24.3 Å². The number of ether oxygens (including phenoxy) is 2. The van der Waals surface area contributed by atoms with Crippen LogP contribution in [-0.2, 0) is 10.3 Å². The molecule has 6 nitrogen and oxygen atoms in total. The van der Waals surface area contributed by atoms with Gasteiger partial charge in [0.25, 0.3) is 0 Å². The Morgan fingerprint density at radius 3 is 2.26 bits per heavy atom. The number of carbonyl (C=O) groups excluding carboxylic acids is 2. The fourth-order valence-electron chi connectivity index (χ4n) is 1.86. The molecule has 122 valence electrons. The van der Waals surface area contributed by atoms with Gasteiger partial charge < -0.3 is 9.47 Å². The van der Waals surface area contributed by atoms with Gasteiger partial charge in [-0.25, -0.2) is 14.3 Å². The maximum Gasteiger partial charge on any atom is 0.358 e. The lowest BCUT2D eigenvalue weighted by Gasteiger charge is -2.21. The molecule has 0 saturated heterocycles. The quantitative estimate of drug-likeness (QED) is 0.804. The summed E-state index contributed by atoms with van der Waals surface area (Å²) in [6.07, 6.45) is 0. The average molecular weight is 337 g/mol. The Balaban J connectivity index is 2.34. The zero-order valence-corrected chi connectivity index (χ0v) is 14.0. The number of hydrogen-bond donors (Lipinski definition) is 0. The number of carbonyl (C=O) groups is 2. The highest BCUT2D eigenvalue weighted by Crippen LogP contribution is 2.24. The fourth-order valence-corrected chi connectivity index (χ4v) is 1.99. The molecule has 1 heterocycles. The number of esters is 2. The number of benzene rings is 1. The Morgan fingerprint density at radius 1 is 1.13 bits per heavy atom. The molecule has 0 spiro atoms. The van der Waals surface area contributed by atoms with Crippen LogP contribution in [0.25, 0.3) is 0 Å². The van der Waals surface area contributed by atoms with Crippen molar-refractivity contribution in [1.82, 2.24) is 9.78 Å². The summed E-state index contributed by atoms with van der Waals surface area (Å²) in [6.45, 7) is 5.63. The number of aromatic nitrogens is 2. The molecular weight excluding hydrogens is 320 g/mol. The lowest BCUT2D eigenvalue weighted by atomic mass is 10.1. The largest absolute Gasteiger partial charge is 0.464 e. The number of methoxy groups -OCH3 is 1. The molecule has 0 atom stereocenters. The van der Waals surface area contributed by atoms with Crippen LogP contribution in [0.1, 0.15) is 41.6 Å². The highest BCUT2D eigenvalue weighted by Gasteiger charge is 2.25. The van der Waals surface area contributed by atoms with Crippen molar-refractivity contribution in [2.45, 2.75) is 26.3 Å². The van der Waals surface area contributed by atoms with Gasteiger partial charge in [0, 0.05) is 11.1 Å². The second-order valence-corrected chi connectivity index (χ2v) is 6.27. The van der Waals surface area contributed by atoms with Crippen LogP contribution in [0.2, 0.25) is 5.02 Å². The van der Waals surface area contributed by atoms with Crippen molar-refractivity contribution in [2.24, 2.45) is 0 Å². The van der Waals surface area contributed by atoms with Gasteiger partial charge in [0.05, 0.1) is 18.2 Å². The minimum absolute atomic E-state index is 0.0707. The molecule has 0 amide bonds. The van der Waals surface area contributed by atoms with Gasteiger partial charge in [-0.05, 0) is 45.0 Å². The van der Waals surface area contributed by atoms with Gasteiger partial charge >= 0.3 is 11.9 Å². The number of hydrogen-bond acceptors (Lipinski definition) is 5. The molecule has 2 rings (SSSR count). The van der Waals surface area contributed by atoms with E-state index in [-0.39, 0.29) is 11.6 Å². The van der Waals surface area contributed by atoms with Gasteiger partial charge in [0.1, 0.15) is 0 Å². The minimum atomic E-state index is -0.600. The van der Waals surface area contributed by atoms with E-state index >= 15 is 0 Å². The Labute approximate surface area is 139 Å². The van der Waals surface area contributed by atoms with Gasteiger partial charge in [-0.2, -0.15) is 5.10 Å². The molecule has 0 aliphatic carbocycles. The Hall–Kier alpha value is -2.34. The van der Waals surface area contributed by atoms with Crippen LogP contribution in [0.3, 0.4) is 0 Å². The Morgan fingerprint density at radius 2 is 1.74 bits per heavy atom. The first-order valence-corrected chi connectivity index (χ1v) is 7.27. The highest BCUT2D eigenvalue weighted by molar-refractivity contribution is 6.30. The Bertz CT molecular complexity index is 730. The van der Waals surface area contributed by atoms with E-state index in [0.717, 1.165) is 0 Å². The molecule has 0 fully saturated rings. The summed E-state index contributed by atoms with van der Waals surface area (Å²) < 4.78 is 11.5. The van der Waals surface area contributed by atoms with Crippen LogP contribution in [0, 0.1) is 0 Å². The van der Waals surface area contributed by atoms with Gasteiger partial charge in [-0.3, -0.25) is 0 Å². The summed E-state index contributed by atoms with van der Waals surface area (Å²) in [5, 5.41) is 4.68. The van der Waals surface area contributed by atoms with Crippen molar-refractivity contribution in [3.05, 3.63) is 46.6 Å². The summed E-state index contributed by atoms with van der Waals surface area (Å²) in [7, 11) is 1.26. The standard InChI is InChI=1S/C16H17ClN2O4/c1-16(2,3)19-13(9-12(18-19)15(21)22-4)23-14(20)10-5-7-11(17)8-6-10/h5-9H,1-4H3. The SMILES string of the molecule is COC(=O)c1cc(OC(=O)c2ccc(Cl)cc2)n(C(C)(C)C)n1. The molecule has 0 saturated carbocycles. The van der Waals surface area contributed by atoms with Crippen molar-refractivity contribution < 1.29 is 19.1 Å². The molecule has 7 heteroatoms.